The Balaban J connectivity index is 2.36. The number of hydrogen-bond acceptors (Lipinski definition) is 0. The average Bonchev–Trinajstić information content (AvgIpc) is 2.47. The van der Waals surface area contributed by atoms with Crippen LogP contribution in [0.2, 0.25) is 0 Å². The topological polar surface area (TPSA) is 0 Å². The van der Waals surface area contributed by atoms with Gasteiger partial charge in [-0.2, -0.15) is 0 Å². The normalized spacial score (nSPS) is 11.6. The molecule has 0 aliphatic carbocycles. The van der Waals surface area contributed by atoms with Crippen molar-refractivity contribution in [1.82, 2.24) is 0 Å². The smallest absolute Gasteiger partial charge is 0.0187 e. The Morgan fingerprint density at radius 2 is 1.60 bits per heavy atom. The minimum absolute atomic E-state index is 0.0660. The highest BCUT2D eigenvalue weighted by molar-refractivity contribution is 14.1. The summed E-state index contributed by atoms with van der Waals surface area (Å²) in [6, 6.07) is 17.4. The van der Waals surface area contributed by atoms with E-state index in [1.165, 1.54) is 14.7 Å². The van der Waals surface area contributed by atoms with E-state index in [0.717, 1.165) is 21.6 Å². The lowest BCUT2D eigenvalue weighted by Crippen LogP contribution is -2.33. The minimum Gasteiger partial charge on any atom is -0.0918 e. The second-order valence-corrected chi connectivity index (χ2v) is 8.14. The second kappa shape index (κ2) is 7.75. The average molecular weight is 573 g/mol. The molecule has 2 rings (SSSR count). The molecule has 0 aliphatic heterocycles. The van der Waals surface area contributed by atoms with Crippen molar-refractivity contribution in [2.24, 2.45) is 0 Å². The molecule has 4 heteroatoms. The molecule has 0 radical (unpaired) electrons. The van der Waals surface area contributed by atoms with Crippen LogP contribution in [0.3, 0.4) is 0 Å². The SMILES string of the molecule is BrCC(CBr)(Cc1ccc(I)cc1)c1cccc(Br)c1. The lowest BCUT2D eigenvalue weighted by Gasteiger charge is -2.31. The third-order valence-electron chi connectivity index (χ3n) is 3.40. The highest BCUT2D eigenvalue weighted by Gasteiger charge is 2.30. The number of alkyl halides is 2. The first-order chi connectivity index (χ1) is 9.59. The van der Waals surface area contributed by atoms with Crippen LogP contribution in [-0.2, 0) is 11.8 Å². The van der Waals surface area contributed by atoms with Crippen LogP contribution < -0.4 is 0 Å². The Bertz CT molecular complexity index is 562. The van der Waals surface area contributed by atoms with Gasteiger partial charge in [0.25, 0.3) is 0 Å². The zero-order chi connectivity index (χ0) is 14.6. The quantitative estimate of drug-likeness (QED) is 0.290. The molecule has 20 heavy (non-hydrogen) atoms. The van der Waals surface area contributed by atoms with E-state index < -0.39 is 0 Å². The van der Waals surface area contributed by atoms with E-state index >= 15 is 0 Å². The molecule has 0 amide bonds. The van der Waals surface area contributed by atoms with Gasteiger partial charge in [0.1, 0.15) is 0 Å². The van der Waals surface area contributed by atoms with Crippen molar-refractivity contribution < 1.29 is 0 Å². The van der Waals surface area contributed by atoms with Crippen LogP contribution in [0.1, 0.15) is 11.1 Å². The number of halogens is 4. The molecular weight excluding hydrogens is 559 g/mol. The predicted octanol–water partition coefficient (Wildman–Crippen LogP) is 6.32. The standard InChI is InChI=1S/C16H14Br3I/c17-10-16(11-18,13-2-1-3-14(19)8-13)9-12-4-6-15(20)7-5-12/h1-8H,9-11H2. The van der Waals surface area contributed by atoms with Gasteiger partial charge < -0.3 is 0 Å². The molecule has 0 heterocycles. The van der Waals surface area contributed by atoms with Crippen LogP contribution in [0.5, 0.6) is 0 Å². The monoisotopic (exact) mass is 570 g/mol. The lowest BCUT2D eigenvalue weighted by atomic mass is 9.79. The maximum Gasteiger partial charge on any atom is 0.0187 e. The molecule has 0 bridgehead atoms. The van der Waals surface area contributed by atoms with E-state index in [1.807, 2.05) is 0 Å². The van der Waals surface area contributed by atoms with Gasteiger partial charge in [0.05, 0.1) is 0 Å². The van der Waals surface area contributed by atoms with Gasteiger partial charge in [-0.05, 0) is 64.4 Å². The van der Waals surface area contributed by atoms with Gasteiger partial charge in [-0.3, -0.25) is 0 Å². The van der Waals surface area contributed by atoms with Crippen molar-refractivity contribution in [1.29, 1.82) is 0 Å². The summed E-state index contributed by atoms with van der Waals surface area (Å²) >= 11 is 13.4. The van der Waals surface area contributed by atoms with Gasteiger partial charge in [-0.15, -0.1) is 0 Å². The Labute approximate surface area is 159 Å². The first-order valence-corrected chi connectivity index (χ1v) is 10.3. The van der Waals surface area contributed by atoms with E-state index in [9.17, 15) is 0 Å². The van der Waals surface area contributed by atoms with Gasteiger partial charge in [0.15, 0.2) is 0 Å². The zero-order valence-corrected chi connectivity index (χ0v) is 17.7. The van der Waals surface area contributed by atoms with Gasteiger partial charge in [-0.1, -0.05) is 72.1 Å². The van der Waals surface area contributed by atoms with Crippen molar-refractivity contribution in [3.05, 3.63) is 67.7 Å². The van der Waals surface area contributed by atoms with Crippen molar-refractivity contribution in [2.75, 3.05) is 10.7 Å². The van der Waals surface area contributed by atoms with E-state index in [4.69, 9.17) is 0 Å². The van der Waals surface area contributed by atoms with Crippen molar-refractivity contribution in [3.63, 3.8) is 0 Å². The van der Waals surface area contributed by atoms with Crippen LogP contribution in [0.15, 0.2) is 53.0 Å². The summed E-state index contributed by atoms with van der Waals surface area (Å²) < 4.78 is 2.40. The number of hydrogen-bond donors (Lipinski definition) is 0. The van der Waals surface area contributed by atoms with Crippen LogP contribution >= 0.6 is 70.4 Å². The highest BCUT2D eigenvalue weighted by Crippen LogP contribution is 2.34. The summed E-state index contributed by atoms with van der Waals surface area (Å²) in [6.07, 6.45) is 1.01. The molecule has 0 fully saturated rings. The van der Waals surface area contributed by atoms with E-state index in [-0.39, 0.29) is 5.41 Å². The van der Waals surface area contributed by atoms with Crippen molar-refractivity contribution in [3.8, 4) is 0 Å². The fourth-order valence-corrected chi connectivity index (χ4v) is 4.93. The van der Waals surface area contributed by atoms with Crippen LogP contribution in [0.25, 0.3) is 0 Å². The van der Waals surface area contributed by atoms with Crippen LogP contribution in [-0.4, -0.2) is 10.7 Å². The third kappa shape index (κ3) is 4.08. The molecule has 0 aromatic heterocycles. The Morgan fingerprint density at radius 3 is 2.15 bits per heavy atom. The molecule has 106 valence electrons. The summed E-state index contributed by atoms with van der Waals surface area (Å²) in [7, 11) is 0. The van der Waals surface area contributed by atoms with Crippen molar-refractivity contribution >= 4 is 70.4 Å². The number of benzene rings is 2. The van der Waals surface area contributed by atoms with E-state index in [1.54, 1.807) is 0 Å². The molecule has 0 spiro atoms. The molecule has 0 aliphatic rings. The van der Waals surface area contributed by atoms with Gasteiger partial charge in [-0.25, -0.2) is 0 Å². The van der Waals surface area contributed by atoms with Crippen LogP contribution in [0, 0.1) is 3.57 Å². The summed E-state index contributed by atoms with van der Waals surface area (Å²) in [5.41, 5.74) is 2.78. The minimum atomic E-state index is 0.0660. The largest absolute Gasteiger partial charge is 0.0918 e. The predicted molar refractivity (Wildman–Crippen MR) is 106 cm³/mol. The second-order valence-electron chi connectivity index (χ2n) is 4.86. The first kappa shape index (κ1) is 17.0. The maximum absolute atomic E-state index is 3.72. The zero-order valence-electron chi connectivity index (χ0n) is 10.8. The summed E-state index contributed by atoms with van der Waals surface area (Å²) in [6.45, 7) is 0. The summed E-state index contributed by atoms with van der Waals surface area (Å²) in [5, 5.41) is 1.85. The molecule has 2 aromatic carbocycles. The maximum atomic E-state index is 3.72. The molecule has 0 saturated heterocycles. The summed E-state index contributed by atoms with van der Waals surface area (Å²) in [4.78, 5) is 0. The fraction of sp³-hybridized carbons (Fsp3) is 0.250. The molecule has 0 atom stereocenters. The lowest BCUT2D eigenvalue weighted by molar-refractivity contribution is 0.551. The van der Waals surface area contributed by atoms with Gasteiger partial charge in [0.2, 0.25) is 0 Å². The first-order valence-electron chi connectivity index (χ1n) is 6.22. The highest BCUT2D eigenvalue weighted by atomic mass is 127. The fourth-order valence-electron chi connectivity index (χ4n) is 2.20. The van der Waals surface area contributed by atoms with Gasteiger partial charge in [0, 0.05) is 24.1 Å². The molecule has 0 N–H and O–H groups in total. The van der Waals surface area contributed by atoms with Crippen molar-refractivity contribution in [2.45, 2.75) is 11.8 Å². The third-order valence-corrected chi connectivity index (χ3v) is 6.76. The molecule has 0 saturated carbocycles. The molecule has 2 aromatic rings. The molecule has 0 unspecified atom stereocenters. The Kier molecular flexibility index (Phi) is 6.57. The van der Waals surface area contributed by atoms with E-state index in [2.05, 4.69) is 119 Å². The van der Waals surface area contributed by atoms with Crippen LogP contribution in [0.4, 0.5) is 0 Å². The molecular formula is C16H14Br3I. The number of rotatable bonds is 5. The Morgan fingerprint density at radius 1 is 0.950 bits per heavy atom. The summed E-state index contributed by atoms with van der Waals surface area (Å²) in [5.74, 6) is 0. The van der Waals surface area contributed by atoms with E-state index in [0.29, 0.717) is 0 Å². The van der Waals surface area contributed by atoms with Gasteiger partial charge >= 0.3 is 0 Å². The molecule has 0 nitrogen and oxygen atoms in total. The Hall–Kier alpha value is 0.610.